The summed E-state index contributed by atoms with van der Waals surface area (Å²) in [6, 6.07) is 15.2. The van der Waals surface area contributed by atoms with Crippen molar-refractivity contribution in [2.75, 3.05) is 11.9 Å². The lowest BCUT2D eigenvalue weighted by Crippen LogP contribution is -2.30. The van der Waals surface area contributed by atoms with Crippen LogP contribution in [0.25, 0.3) is 0 Å². The standard InChI is InChI=1S/C24H25N3O4S2/c1-2-27(15-16-7-4-3-5-8-16)33(30,31)18-13-11-17(12-14-18)23(29)26-24-21(22(25)28)19-9-6-10-20(19)32-24/h3-5,7-8,11-14H,2,6,9-10,15H2,1H3,(H2,25,28)(H,26,29). The first-order valence-electron chi connectivity index (χ1n) is 10.7. The molecule has 0 fully saturated rings. The minimum absolute atomic E-state index is 0.116. The van der Waals surface area contributed by atoms with Crippen molar-refractivity contribution in [3.05, 3.63) is 81.7 Å². The van der Waals surface area contributed by atoms with Gasteiger partial charge >= 0.3 is 0 Å². The Balaban J connectivity index is 1.52. The molecule has 1 heterocycles. The van der Waals surface area contributed by atoms with E-state index in [9.17, 15) is 18.0 Å². The van der Waals surface area contributed by atoms with E-state index in [2.05, 4.69) is 5.32 Å². The number of sulfonamides is 1. The number of fused-ring (bicyclic) bond motifs is 1. The van der Waals surface area contributed by atoms with Gasteiger partial charge in [0, 0.05) is 23.5 Å². The summed E-state index contributed by atoms with van der Waals surface area (Å²) in [6.45, 7) is 2.37. The zero-order valence-electron chi connectivity index (χ0n) is 18.2. The quantitative estimate of drug-likeness (QED) is 0.508. The molecule has 4 rings (SSSR count). The van der Waals surface area contributed by atoms with Crippen LogP contribution in [-0.2, 0) is 29.4 Å². The van der Waals surface area contributed by atoms with Crippen LogP contribution in [0.2, 0.25) is 0 Å². The number of rotatable bonds is 8. The number of aryl methyl sites for hydroxylation is 1. The van der Waals surface area contributed by atoms with Crippen molar-refractivity contribution in [1.29, 1.82) is 0 Å². The minimum atomic E-state index is -3.72. The molecule has 1 aliphatic rings. The van der Waals surface area contributed by atoms with Crippen LogP contribution >= 0.6 is 11.3 Å². The number of carbonyl (C=O) groups excluding carboxylic acids is 2. The van der Waals surface area contributed by atoms with E-state index in [-0.39, 0.29) is 11.4 Å². The van der Waals surface area contributed by atoms with E-state index >= 15 is 0 Å². The Morgan fingerprint density at radius 2 is 1.76 bits per heavy atom. The van der Waals surface area contributed by atoms with Gasteiger partial charge in [-0.3, -0.25) is 9.59 Å². The second-order valence-corrected chi connectivity index (χ2v) is 10.9. The lowest BCUT2D eigenvalue weighted by molar-refractivity contribution is 0.100. The van der Waals surface area contributed by atoms with E-state index in [1.807, 2.05) is 30.3 Å². The van der Waals surface area contributed by atoms with Crippen molar-refractivity contribution in [3.63, 3.8) is 0 Å². The van der Waals surface area contributed by atoms with E-state index in [1.54, 1.807) is 6.92 Å². The predicted octanol–water partition coefficient (Wildman–Crippen LogP) is 3.80. The van der Waals surface area contributed by atoms with E-state index < -0.39 is 21.8 Å². The fraction of sp³-hybridized carbons (Fsp3) is 0.250. The third-order valence-electron chi connectivity index (χ3n) is 5.70. The average Bonchev–Trinajstić information content (AvgIpc) is 3.38. The molecule has 0 bridgehead atoms. The molecule has 1 aliphatic carbocycles. The number of amides is 2. The molecule has 0 saturated heterocycles. The number of carbonyl (C=O) groups is 2. The SMILES string of the molecule is CCN(Cc1ccccc1)S(=O)(=O)c1ccc(C(=O)Nc2sc3c(c2C(N)=O)CCC3)cc1. The number of thiophene rings is 1. The highest BCUT2D eigenvalue weighted by Crippen LogP contribution is 2.39. The fourth-order valence-corrected chi connectivity index (χ4v) is 6.74. The Labute approximate surface area is 197 Å². The summed E-state index contributed by atoms with van der Waals surface area (Å²) < 4.78 is 27.6. The molecule has 3 N–H and O–H groups in total. The summed E-state index contributed by atoms with van der Waals surface area (Å²) in [7, 11) is -3.72. The van der Waals surface area contributed by atoms with Crippen molar-refractivity contribution in [2.24, 2.45) is 5.73 Å². The molecular weight excluding hydrogens is 458 g/mol. The second-order valence-electron chi connectivity index (χ2n) is 7.82. The topological polar surface area (TPSA) is 110 Å². The number of nitrogens with one attached hydrogen (secondary N) is 1. The number of hydrogen-bond acceptors (Lipinski definition) is 5. The van der Waals surface area contributed by atoms with Crippen molar-refractivity contribution in [2.45, 2.75) is 37.6 Å². The summed E-state index contributed by atoms with van der Waals surface area (Å²) in [6.07, 6.45) is 2.63. The van der Waals surface area contributed by atoms with Crippen LogP contribution in [0.1, 0.15) is 50.1 Å². The first-order chi connectivity index (χ1) is 15.8. The molecule has 0 spiro atoms. The minimum Gasteiger partial charge on any atom is -0.365 e. The van der Waals surface area contributed by atoms with Crippen molar-refractivity contribution in [3.8, 4) is 0 Å². The maximum Gasteiger partial charge on any atom is 0.256 e. The molecule has 172 valence electrons. The van der Waals surface area contributed by atoms with Crippen LogP contribution in [0.3, 0.4) is 0 Å². The molecular formula is C24H25N3O4S2. The van der Waals surface area contributed by atoms with Gasteiger partial charge < -0.3 is 11.1 Å². The Morgan fingerprint density at radius 1 is 1.06 bits per heavy atom. The Hall–Kier alpha value is -3.01. The number of benzene rings is 2. The molecule has 0 saturated carbocycles. The largest absolute Gasteiger partial charge is 0.365 e. The van der Waals surface area contributed by atoms with Gasteiger partial charge in [-0.25, -0.2) is 8.42 Å². The van der Waals surface area contributed by atoms with Gasteiger partial charge in [0.15, 0.2) is 0 Å². The summed E-state index contributed by atoms with van der Waals surface area (Å²) in [5.74, 6) is -0.970. The lowest BCUT2D eigenvalue weighted by atomic mass is 10.1. The molecule has 33 heavy (non-hydrogen) atoms. The van der Waals surface area contributed by atoms with Gasteiger partial charge in [0.1, 0.15) is 5.00 Å². The number of nitrogens with zero attached hydrogens (tertiary/aromatic N) is 1. The van der Waals surface area contributed by atoms with Gasteiger partial charge in [-0.2, -0.15) is 4.31 Å². The Bertz CT molecular complexity index is 1280. The monoisotopic (exact) mass is 483 g/mol. The molecule has 7 nitrogen and oxygen atoms in total. The fourth-order valence-electron chi connectivity index (χ4n) is 4.01. The molecule has 0 atom stereocenters. The summed E-state index contributed by atoms with van der Waals surface area (Å²) in [5, 5.41) is 3.23. The van der Waals surface area contributed by atoms with Crippen molar-refractivity contribution < 1.29 is 18.0 Å². The lowest BCUT2D eigenvalue weighted by Gasteiger charge is -2.20. The van der Waals surface area contributed by atoms with Gasteiger partial charge in [0.25, 0.3) is 11.8 Å². The highest BCUT2D eigenvalue weighted by atomic mass is 32.2. The predicted molar refractivity (Wildman–Crippen MR) is 129 cm³/mol. The van der Waals surface area contributed by atoms with Crippen LogP contribution in [0, 0.1) is 0 Å². The number of hydrogen-bond donors (Lipinski definition) is 2. The number of nitrogens with two attached hydrogens (primary N) is 1. The summed E-state index contributed by atoms with van der Waals surface area (Å²) in [4.78, 5) is 25.9. The average molecular weight is 484 g/mol. The second kappa shape index (κ2) is 9.46. The van der Waals surface area contributed by atoms with Crippen LogP contribution in [0.5, 0.6) is 0 Å². The van der Waals surface area contributed by atoms with Crippen LogP contribution < -0.4 is 11.1 Å². The van der Waals surface area contributed by atoms with Crippen LogP contribution in [-0.4, -0.2) is 31.1 Å². The summed E-state index contributed by atoms with van der Waals surface area (Å²) in [5.41, 5.74) is 8.07. The molecule has 3 aromatic rings. The smallest absolute Gasteiger partial charge is 0.256 e. The molecule has 0 aliphatic heterocycles. The van der Waals surface area contributed by atoms with Gasteiger partial charge in [-0.05, 0) is 54.7 Å². The van der Waals surface area contributed by atoms with E-state index in [0.717, 1.165) is 35.3 Å². The molecule has 0 unspecified atom stereocenters. The first kappa shape index (κ1) is 23.2. The summed E-state index contributed by atoms with van der Waals surface area (Å²) >= 11 is 1.38. The third-order valence-corrected chi connectivity index (χ3v) is 8.85. The zero-order chi connectivity index (χ0) is 23.6. The zero-order valence-corrected chi connectivity index (χ0v) is 19.8. The Kier molecular flexibility index (Phi) is 6.64. The van der Waals surface area contributed by atoms with Crippen molar-refractivity contribution >= 4 is 38.2 Å². The van der Waals surface area contributed by atoms with Gasteiger partial charge in [-0.1, -0.05) is 37.3 Å². The molecule has 2 aromatic carbocycles. The van der Waals surface area contributed by atoms with Gasteiger partial charge in [-0.15, -0.1) is 11.3 Å². The van der Waals surface area contributed by atoms with E-state index in [1.165, 1.54) is 39.9 Å². The van der Waals surface area contributed by atoms with Crippen LogP contribution in [0.15, 0.2) is 59.5 Å². The Morgan fingerprint density at radius 3 is 2.39 bits per heavy atom. The maximum atomic E-state index is 13.1. The van der Waals surface area contributed by atoms with Crippen LogP contribution in [0.4, 0.5) is 5.00 Å². The maximum absolute atomic E-state index is 13.1. The molecule has 0 radical (unpaired) electrons. The van der Waals surface area contributed by atoms with Gasteiger partial charge in [0.05, 0.1) is 10.5 Å². The van der Waals surface area contributed by atoms with Gasteiger partial charge in [0.2, 0.25) is 10.0 Å². The normalized spacial score (nSPS) is 13.2. The van der Waals surface area contributed by atoms with E-state index in [0.29, 0.717) is 22.7 Å². The molecule has 9 heteroatoms. The molecule has 2 amide bonds. The van der Waals surface area contributed by atoms with Crippen molar-refractivity contribution in [1.82, 2.24) is 4.31 Å². The highest BCUT2D eigenvalue weighted by molar-refractivity contribution is 7.89. The third kappa shape index (κ3) is 4.71. The van der Waals surface area contributed by atoms with E-state index in [4.69, 9.17) is 5.73 Å². The first-order valence-corrected chi connectivity index (χ1v) is 13.0. The number of anilines is 1. The molecule has 1 aromatic heterocycles. The highest BCUT2D eigenvalue weighted by Gasteiger charge is 2.27. The number of primary amides is 1.